The molecule has 3 rings (SSSR count). The van der Waals surface area contributed by atoms with Crippen molar-refractivity contribution < 1.29 is 4.79 Å². The van der Waals surface area contributed by atoms with Gasteiger partial charge in [0.1, 0.15) is 5.56 Å². The second-order valence-corrected chi connectivity index (χ2v) is 6.82. The van der Waals surface area contributed by atoms with Crippen molar-refractivity contribution in [2.75, 3.05) is 19.6 Å². The largest absolute Gasteiger partial charge is 0.350 e. The SMILES string of the molecule is Cn1cccc(C(=O)NCC2CCCCN2CCn2ncccc2=O)c1=O. The number of pyridine rings is 1. The maximum Gasteiger partial charge on any atom is 0.266 e. The highest BCUT2D eigenvalue weighted by atomic mass is 16.2. The minimum absolute atomic E-state index is 0.112. The van der Waals surface area contributed by atoms with Gasteiger partial charge in [-0.05, 0) is 37.6 Å². The lowest BCUT2D eigenvalue weighted by molar-refractivity contribution is 0.0907. The van der Waals surface area contributed by atoms with E-state index in [-0.39, 0.29) is 28.6 Å². The van der Waals surface area contributed by atoms with Gasteiger partial charge >= 0.3 is 0 Å². The Bertz CT molecular complexity index is 904. The highest BCUT2D eigenvalue weighted by Gasteiger charge is 2.23. The van der Waals surface area contributed by atoms with Crippen molar-refractivity contribution in [3.05, 3.63) is 62.9 Å². The van der Waals surface area contributed by atoms with Crippen molar-refractivity contribution in [1.29, 1.82) is 0 Å². The van der Waals surface area contributed by atoms with Crippen LogP contribution >= 0.6 is 0 Å². The molecule has 1 unspecified atom stereocenters. The molecule has 2 aromatic heterocycles. The zero-order chi connectivity index (χ0) is 19.2. The number of nitrogens with zero attached hydrogens (tertiary/aromatic N) is 4. The first-order valence-electron chi connectivity index (χ1n) is 9.26. The number of carbonyl (C=O) groups is 1. The lowest BCUT2D eigenvalue weighted by Gasteiger charge is -2.35. The third kappa shape index (κ3) is 4.71. The molecule has 1 aliphatic rings. The van der Waals surface area contributed by atoms with Crippen LogP contribution in [0.4, 0.5) is 0 Å². The number of aryl methyl sites for hydroxylation is 1. The summed E-state index contributed by atoms with van der Waals surface area (Å²) >= 11 is 0. The van der Waals surface area contributed by atoms with Crippen LogP contribution in [0.3, 0.4) is 0 Å². The van der Waals surface area contributed by atoms with Gasteiger partial charge in [0.25, 0.3) is 17.0 Å². The second kappa shape index (κ2) is 8.77. The number of rotatable bonds is 6. The molecular weight excluding hydrogens is 346 g/mol. The topological polar surface area (TPSA) is 89.2 Å². The van der Waals surface area contributed by atoms with Crippen molar-refractivity contribution in [3.63, 3.8) is 0 Å². The van der Waals surface area contributed by atoms with Crippen LogP contribution in [0, 0.1) is 0 Å². The first-order chi connectivity index (χ1) is 13.1. The summed E-state index contributed by atoms with van der Waals surface area (Å²) in [5, 5.41) is 6.99. The van der Waals surface area contributed by atoms with Crippen LogP contribution in [-0.4, -0.2) is 50.8 Å². The monoisotopic (exact) mass is 371 g/mol. The second-order valence-electron chi connectivity index (χ2n) is 6.82. The Morgan fingerprint density at radius 2 is 2.07 bits per heavy atom. The summed E-state index contributed by atoms with van der Waals surface area (Å²) in [6.45, 7) is 2.62. The van der Waals surface area contributed by atoms with Crippen molar-refractivity contribution in [2.45, 2.75) is 31.8 Å². The summed E-state index contributed by atoms with van der Waals surface area (Å²) in [6, 6.07) is 6.56. The molecule has 1 amide bonds. The normalized spacial score (nSPS) is 17.6. The molecule has 0 aromatic carbocycles. The highest BCUT2D eigenvalue weighted by Crippen LogP contribution is 2.16. The molecule has 1 N–H and O–H groups in total. The van der Waals surface area contributed by atoms with Gasteiger partial charge in [-0.2, -0.15) is 5.10 Å². The minimum Gasteiger partial charge on any atom is -0.350 e. The molecular formula is C19H25N5O3. The molecule has 0 aliphatic carbocycles. The third-order valence-electron chi connectivity index (χ3n) is 5.00. The molecule has 0 bridgehead atoms. The van der Waals surface area contributed by atoms with Crippen molar-refractivity contribution in [1.82, 2.24) is 24.6 Å². The van der Waals surface area contributed by atoms with E-state index in [9.17, 15) is 14.4 Å². The Labute approximate surface area is 157 Å². The van der Waals surface area contributed by atoms with Crippen LogP contribution in [0.5, 0.6) is 0 Å². The van der Waals surface area contributed by atoms with Gasteiger partial charge in [0.05, 0.1) is 6.54 Å². The molecule has 144 valence electrons. The lowest BCUT2D eigenvalue weighted by Crippen LogP contribution is -2.48. The number of carbonyl (C=O) groups excluding carboxylic acids is 1. The maximum absolute atomic E-state index is 12.4. The van der Waals surface area contributed by atoms with Crippen molar-refractivity contribution >= 4 is 5.91 Å². The summed E-state index contributed by atoms with van der Waals surface area (Å²) in [6.07, 6.45) is 6.41. The number of aromatic nitrogens is 3. The maximum atomic E-state index is 12.4. The van der Waals surface area contributed by atoms with Gasteiger partial charge in [0, 0.05) is 44.6 Å². The predicted octanol–water partition coefficient (Wildman–Crippen LogP) is 0.227. The Morgan fingerprint density at radius 3 is 2.89 bits per heavy atom. The van der Waals surface area contributed by atoms with E-state index in [1.807, 2.05) is 0 Å². The fourth-order valence-corrected chi connectivity index (χ4v) is 3.44. The van der Waals surface area contributed by atoms with Gasteiger partial charge in [0.2, 0.25) is 0 Å². The number of piperidine rings is 1. The summed E-state index contributed by atoms with van der Waals surface area (Å²) in [5.41, 5.74) is -0.258. The Balaban J connectivity index is 1.59. The third-order valence-corrected chi connectivity index (χ3v) is 5.00. The fraction of sp³-hybridized carbons (Fsp3) is 0.474. The average Bonchev–Trinajstić information content (AvgIpc) is 2.68. The molecule has 27 heavy (non-hydrogen) atoms. The van der Waals surface area contributed by atoms with Crippen molar-refractivity contribution in [3.8, 4) is 0 Å². The standard InChI is InChI=1S/C19H25N5O3/c1-22-10-5-7-16(19(22)27)18(26)20-14-15-6-2-3-11-23(15)12-13-24-17(25)8-4-9-21-24/h4-5,7-10,15H,2-3,6,11-14H2,1H3,(H,20,26). The molecule has 0 saturated carbocycles. The van der Waals surface area contributed by atoms with Crippen LogP contribution in [0.1, 0.15) is 29.6 Å². The van der Waals surface area contributed by atoms with Gasteiger partial charge < -0.3 is 9.88 Å². The van der Waals surface area contributed by atoms with Gasteiger partial charge in [-0.1, -0.05) is 6.42 Å². The minimum atomic E-state index is -0.345. The highest BCUT2D eigenvalue weighted by molar-refractivity contribution is 5.93. The number of amides is 1. The van der Waals surface area contributed by atoms with Crippen LogP contribution in [-0.2, 0) is 13.6 Å². The zero-order valence-electron chi connectivity index (χ0n) is 15.5. The Kier molecular flexibility index (Phi) is 6.18. The molecule has 1 saturated heterocycles. The molecule has 1 fully saturated rings. The summed E-state index contributed by atoms with van der Waals surface area (Å²) in [4.78, 5) is 38.5. The van der Waals surface area contributed by atoms with E-state index in [0.717, 1.165) is 25.8 Å². The average molecular weight is 371 g/mol. The molecule has 2 aromatic rings. The van der Waals surface area contributed by atoms with E-state index in [1.54, 1.807) is 37.6 Å². The fourth-order valence-electron chi connectivity index (χ4n) is 3.44. The van der Waals surface area contributed by atoms with Crippen molar-refractivity contribution in [2.24, 2.45) is 7.05 Å². The zero-order valence-corrected chi connectivity index (χ0v) is 15.5. The molecule has 0 spiro atoms. The number of likely N-dealkylation sites (tertiary alicyclic amines) is 1. The molecule has 0 radical (unpaired) electrons. The Morgan fingerprint density at radius 1 is 1.22 bits per heavy atom. The van der Waals surface area contributed by atoms with Crippen LogP contribution in [0.25, 0.3) is 0 Å². The first-order valence-corrected chi connectivity index (χ1v) is 9.26. The molecule has 8 nitrogen and oxygen atoms in total. The van der Waals surface area contributed by atoms with Crippen LogP contribution in [0.2, 0.25) is 0 Å². The molecule has 8 heteroatoms. The van der Waals surface area contributed by atoms with Gasteiger partial charge in [0.15, 0.2) is 0 Å². The Hall–Kier alpha value is -2.74. The van der Waals surface area contributed by atoms with Gasteiger partial charge in [-0.3, -0.25) is 19.3 Å². The molecule has 3 heterocycles. The van der Waals surface area contributed by atoms with Gasteiger partial charge in [-0.15, -0.1) is 0 Å². The molecule has 1 atom stereocenters. The molecule has 1 aliphatic heterocycles. The van der Waals surface area contributed by atoms with E-state index >= 15 is 0 Å². The number of nitrogens with one attached hydrogen (secondary N) is 1. The summed E-state index contributed by atoms with van der Waals surface area (Å²) in [7, 11) is 1.63. The number of hydrogen-bond donors (Lipinski definition) is 1. The van der Waals surface area contributed by atoms with E-state index in [1.165, 1.54) is 15.3 Å². The van der Waals surface area contributed by atoms with E-state index in [4.69, 9.17) is 0 Å². The number of hydrogen-bond acceptors (Lipinski definition) is 5. The summed E-state index contributed by atoms with van der Waals surface area (Å²) < 4.78 is 2.85. The van der Waals surface area contributed by atoms with Gasteiger partial charge in [-0.25, -0.2) is 4.68 Å². The van der Waals surface area contributed by atoms with Crippen LogP contribution < -0.4 is 16.4 Å². The summed E-state index contributed by atoms with van der Waals surface area (Å²) in [5.74, 6) is -0.345. The first kappa shape index (κ1) is 19.0. The van der Waals surface area contributed by atoms with E-state index < -0.39 is 0 Å². The lowest BCUT2D eigenvalue weighted by atomic mass is 10.0. The predicted molar refractivity (Wildman–Crippen MR) is 102 cm³/mol. The van der Waals surface area contributed by atoms with E-state index in [2.05, 4.69) is 15.3 Å². The van der Waals surface area contributed by atoms with E-state index in [0.29, 0.717) is 19.6 Å². The quantitative estimate of drug-likeness (QED) is 0.785. The van der Waals surface area contributed by atoms with Crippen LogP contribution in [0.15, 0.2) is 46.2 Å². The smallest absolute Gasteiger partial charge is 0.266 e.